The number of halogens is 4. The molecule has 0 aliphatic heterocycles. The molecular weight excluding hydrogens is 735 g/mol. The zero-order valence-electron chi connectivity index (χ0n) is 31.5. The number of ether oxygens (including phenoxy) is 1. The molecule has 0 spiro atoms. The van der Waals surface area contributed by atoms with E-state index in [0.29, 0.717) is 36.4 Å². The normalized spacial score (nSPS) is 12.6. The minimum atomic E-state index is -4.58. The second-order valence-corrected chi connectivity index (χ2v) is 16.5. The zero-order chi connectivity index (χ0) is 39.7. The van der Waals surface area contributed by atoms with E-state index >= 15 is 0 Å². The molecule has 0 saturated heterocycles. The Morgan fingerprint density at radius 3 is 1.94 bits per heavy atom. The lowest BCUT2D eigenvalue weighted by Gasteiger charge is -2.47. The van der Waals surface area contributed by atoms with E-state index in [1.807, 2.05) is 88.4 Å². The average molecular weight is 786 g/mol. The third kappa shape index (κ3) is 10.6. The van der Waals surface area contributed by atoms with Crippen LogP contribution in [0.15, 0.2) is 103 Å². The lowest BCUT2D eigenvalue weighted by molar-refractivity contribution is -0.137. The Hall–Kier alpha value is -3.90. The van der Waals surface area contributed by atoms with Crippen molar-refractivity contribution in [1.82, 2.24) is 9.21 Å². The Morgan fingerprint density at radius 1 is 0.852 bits per heavy atom. The maximum atomic E-state index is 13.8. The van der Waals surface area contributed by atoms with Crippen LogP contribution in [0.2, 0.25) is 5.02 Å². The maximum absolute atomic E-state index is 13.8. The Bertz CT molecular complexity index is 1880. The number of carbonyl (C=O) groups is 1. The number of hydrogen-bond donors (Lipinski definition) is 1. The molecule has 0 saturated carbocycles. The second-order valence-electron chi connectivity index (χ2n) is 14.3. The topological polar surface area (TPSA) is 92.9 Å². The number of alkyl halides is 3. The average Bonchev–Trinajstić information content (AvgIpc) is 3.11. The van der Waals surface area contributed by atoms with Crippen LogP contribution >= 0.6 is 11.6 Å². The lowest BCUT2D eigenvalue weighted by atomic mass is 9.76. The summed E-state index contributed by atoms with van der Waals surface area (Å²) in [6.45, 7) is 8.90. The van der Waals surface area contributed by atoms with Crippen LogP contribution in [-0.2, 0) is 34.0 Å². The summed E-state index contributed by atoms with van der Waals surface area (Å²) in [5, 5.41) is -0.312. The van der Waals surface area contributed by atoms with Crippen LogP contribution < -0.4 is 10.5 Å². The van der Waals surface area contributed by atoms with Crippen molar-refractivity contribution in [2.45, 2.75) is 64.7 Å². The molecule has 292 valence electrons. The van der Waals surface area contributed by atoms with Gasteiger partial charge in [-0.15, -0.1) is 0 Å². The van der Waals surface area contributed by atoms with Crippen molar-refractivity contribution in [3.05, 3.63) is 136 Å². The molecule has 0 radical (unpaired) electrons. The van der Waals surface area contributed by atoms with Crippen LogP contribution in [0.5, 0.6) is 5.75 Å². The molecule has 0 aliphatic carbocycles. The first-order valence-corrected chi connectivity index (χ1v) is 20.3. The van der Waals surface area contributed by atoms with Gasteiger partial charge in [-0.2, -0.15) is 13.2 Å². The fourth-order valence-electron chi connectivity index (χ4n) is 7.31. The molecule has 0 aliphatic rings. The van der Waals surface area contributed by atoms with Crippen molar-refractivity contribution in [3.8, 4) is 5.75 Å². The summed E-state index contributed by atoms with van der Waals surface area (Å²) in [5.41, 5.74) is 7.33. The quantitative estimate of drug-likeness (QED) is 0.101. The fourth-order valence-corrected chi connectivity index (χ4v) is 9.16. The lowest BCUT2D eigenvalue weighted by Crippen LogP contribution is -2.64. The maximum Gasteiger partial charge on any atom is 0.417 e. The molecule has 0 bridgehead atoms. The van der Waals surface area contributed by atoms with E-state index in [0.717, 1.165) is 27.8 Å². The van der Waals surface area contributed by atoms with Crippen molar-refractivity contribution in [2.24, 2.45) is 17.6 Å². The van der Waals surface area contributed by atoms with Gasteiger partial charge in [0.2, 0.25) is 15.9 Å². The standard InChI is InChI=1S/C42H51ClF3N3O4S/c1-30(2)41(29-47,31(3)4)49(54(5,51)52)39(50)26-32-15-12-21-36(25-32)53-24-14-23-48(27-35-20-13-22-38(40(35)43)42(44,45)46)28-37(33-16-8-6-9-17-33)34-18-10-7-11-19-34/h6-13,15-22,25,30-31,37H,14,23-24,26-29,47H2,1-5H3. The Kier molecular flexibility index (Phi) is 14.8. The number of carbonyl (C=O) groups excluding carboxylic acids is 1. The van der Waals surface area contributed by atoms with E-state index in [1.54, 1.807) is 30.3 Å². The number of nitrogens with zero attached hydrogens (tertiary/aromatic N) is 2. The van der Waals surface area contributed by atoms with Crippen LogP contribution in [-0.4, -0.2) is 61.6 Å². The zero-order valence-corrected chi connectivity index (χ0v) is 33.1. The molecule has 2 N–H and O–H groups in total. The predicted molar refractivity (Wildman–Crippen MR) is 210 cm³/mol. The number of rotatable bonds is 18. The summed E-state index contributed by atoms with van der Waals surface area (Å²) >= 11 is 6.37. The van der Waals surface area contributed by atoms with E-state index < -0.39 is 33.2 Å². The van der Waals surface area contributed by atoms with Crippen molar-refractivity contribution in [3.63, 3.8) is 0 Å². The number of nitrogens with two attached hydrogens (primary N) is 1. The highest BCUT2D eigenvalue weighted by molar-refractivity contribution is 7.89. The minimum absolute atomic E-state index is 0.0152. The highest BCUT2D eigenvalue weighted by Gasteiger charge is 2.48. The molecule has 0 fully saturated rings. The van der Waals surface area contributed by atoms with Crippen LogP contribution in [0.3, 0.4) is 0 Å². The molecule has 4 aromatic rings. The highest BCUT2D eigenvalue weighted by atomic mass is 35.5. The summed E-state index contributed by atoms with van der Waals surface area (Å²) in [6, 6.07) is 30.9. The van der Waals surface area contributed by atoms with E-state index in [2.05, 4.69) is 4.90 Å². The first-order valence-electron chi connectivity index (χ1n) is 18.1. The van der Waals surface area contributed by atoms with Gasteiger partial charge in [-0.3, -0.25) is 9.69 Å². The number of sulfonamides is 1. The third-order valence-electron chi connectivity index (χ3n) is 10.0. The molecule has 0 unspecified atom stereocenters. The Balaban J connectivity index is 1.53. The van der Waals surface area contributed by atoms with Gasteiger partial charge < -0.3 is 10.5 Å². The van der Waals surface area contributed by atoms with Gasteiger partial charge >= 0.3 is 6.18 Å². The molecular formula is C42H51ClF3N3O4S. The number of benzene rings is 4. The van der Waals surface area contributed by atoms with E-state index in [1.165, 1.54) is 6.07 Å². The van der Waals surface area contributed by atoms with Crippen LogP contribution in [0.4, 0.5) is 13.2 Å². The molecule has 54 heavy (non-hydrogen) atoms. The van der Waals surface area contributed by atoms with Gasteiger partial charge in [0.15, 0.2) is 0 Å². The van der Waals surface area contributed by atoms with E-state index in [4.69, 9.17) is 22.1 Å². The van der Waals surface area contributed by atoms with Gasteiger partial charge in [0, 0.05) is 32.1 Å². The first kappa shape index (κ1) is 42.8. The molecule has 7 nitrogen and oxygen atoms in total. The fraction of sp³-hybridized carbons (Fsp3) is 0.405. The van der Waals surface area contributed by atoms with Crippen molar-refractivity contribution < 1.29 is 31.1 Å². The van der Waals surface area contributed by atoms with Gasteiger partial charge in [-0.05, 0) is 58.7 Å². The Morgan fingerprint density at radius 2 is 1.43 bits per heavy atom. The van der Waals surface area contributed by atoms with E-state index in [-0.39, 0.29) is 48.9 Å². The molecule has 12 heteroatoms. The van der Waals surface area contributed by atoms with Gasteiger partial charge in [0.25, 0.3) is 0 Å². The molecule has 1 amide bonds. The molecule has 4 rings (SSSR count). The SMILES string of the molecule is CC(C)C(CN)(C(C)C)N(C(=O)Cc1cccc(OCCCN(Cc2cccc(C(F)(F)F)c2Cl)CC(c2ccccc2)c2ccccc2)c1)S(C)(=O)=O. The summed E-state index contributed by atoms with van der Waals surface area (Å²) < 4.78 is 74.6. The first-order chi connectivity index (χ1) is 25.5. The molecule has 4 aromatic carbocycles. The third-order valence-corrected chi connectivity index (χ3v) is 11.7. The van der Waals surface area contributed by atoms with Gasteiger partial charge in [-0.25, -0.2) is 12.7 Å². The van der Waals surface area contributed by atoms with Crippen molar-refractivity contribution >= 4 is 27.5 Å². The molecule has 0 aromatic heterocycles. The second kappa shape index (κ2) is 18.6. The summed E-state index contributed by atoms with van der Waals surface area (Å²) in [4.78, 5) is 15.8. The number of hydrogen-bond acceptors (Lipinski definition) is 6. The summed E-state index contributed by atoms with van der Waals surface area (Å²) in [7, 11) is -3.96. The van der Waals surface area contributed by atoms with Gasteiger partial charge in [0.1, 0.15) is 5.75 Å². The molecule has 0 heterocycles. The predicted octanol–water partition coefficient (Wildman–Crippen LogP) is 8.80. The number of amides is 1. The minimum Gasteiger partial charge on any atom is -0.494 e. The largest absolute Gasteiger partial charge is 0.494 e. The van der Waals surface area contributed by atoms with Gasteiger partial charge in [0.05, 0.1) is 35.4 Å². The summed E-state index contributed by atoms with van der Waals surface area (Å²) in [6.07, 6.45) is -3.19. The Labute approximate surface area is 323 Å². The summed E-state index contributed by atoms with van der Waals surface area (Å²) in [5.74, 6) is -0.588. The smallest absolute Gasteiger partial charge is 0.417 e. The van der Waals surface area contributed by atoms with E-state index in [9.17, 15) is 26.4 Å². The van der Waals surface area contributed by atoms with Crippen LogP contribution in [0.1, 0.15) is 67.9 Å². The van der Waals surface area contributed by atoms with Crippen molar-refractivity contribution in [2.75, 3.05) is 32.5 Å². The monoisotopic (exact) mass is 785 g/mol. The molecule has 0 atom stereocenters. The van der Waals surface area contributed by atoms with Crippen molar-refractivity contribution in [1.29, 1.82) is 0 Å². The van der Waals surface area contributed by atoms with Gasteiger partial charge in [-0.1, -0.05) is 124 Å². The highest BCUT2D eigenvalue weighted by Crippen LogP contribution is 2.38. The van der Waals surface area contributed by atoms with Crippen LogP contribution in [0, 0.1) is 11.8 Å². The van der Waals surface area contributed by atoms with Crippen LogP contribution in [0.25, 0.3) is 0 Å².